The van der Waals surface area contributed by atoms with Gasteiger partial charge in [0, 0.05) is 36.3 Å². The van der Waals surface area contributed by atoms with Crippen LogP contribution < -0.4 is 10.0 Å². The summed E-state index contributed by atoms with van der Waals surface area (Å²) in [4.78, 5) is 26.0. The van der Waals surface area contributed by atoms with Crippen LogP contribution in [-0.4, -0.2) is 48.1 Å². The van der Waals surface area contributed by atoms with Gasteiger partial charge in [-0.2, -0.15) is 0 Å². The molecular weight excluding hydrogens is 394 g/mol. The molecule has 1 aromatic rings. The van der Waals surface area contributed by atoms with E-state index >= 15 is 0 Å². The Hall–Kier alpha value is -1.97. The Morgan fingerprint density at radius 2 is 1.93 bits per heavy atom. The number of nitrogens with zero attached hydrogens (tertiary/aromatic N) is 1. The lowest BCUT2D eigenvalue weighted by Gasteiger charge is -2.19. The van der Waals surface area contributed by atoms with Gasteiger partial charge in [0.15, 0.2) is 6.23 Å². The molecule has 2 amide bonds. The summed E-state index contributed by atoms with van der Waals surface area (Å²) in [6.45, 7) is 7.57. The summed E-state index contributed by atoms with van der Waals surface area (Å²) >= 11 is 0. The highest BCUT2D eigenvalue weighted by Crippen LogP contribution is 2.33. The van der Waals surface area contributed by atoms with Gasteiger partial charge in [0.2, 0.25) is 15.9 Å². The fourth-order valence-electron chi connectivity index (χ4n) is 3.00. The molecule has 0 bridgehead atoms. The van der Waals surface area contributed by atoms with Crippen LogP contribution in [0.4, 0.5) is 5.69 Å². The predicted molar refractivity (Wildman–Crippen MR) is 112 cm³/mol. The molecule has 1 aliphatic heterocycles. The highest BCUT2D eigenvalue weighted by molar-refractivity contribution is 7.90. The molecule has 0 fully saturated rings. The molecule has 1 aromatic carbocycles. The third kappa shape index (κ3) is 5.55. The molecule has 0 saturated heterocycles. The fraction of sp³-hybridized carbons (Fsp3) is 0.600. The van der Waals surface area contributed by atoms with Gasteiger partial charge in [-0.1, -0.05) is 13.0 Å². The molecule has 3 N–H and O–H groups in total. The maximum Gasteiger partial charge on any atom is 0.256 e. The first kappa shape index (κ1) is 23.3. The van der Waals surface area contributed by atoms with Crippen molar-refractivity contribution in [2.45, 2.75) is 64.4 Å². The van der Waals surface area contributed by atoms with E-state index in [9.17, 15) is 23.1 Å². The van der Waals surface area contributed by atoms with Gasteiger partial charge < -0.3 is 15.3 Å². The van der Waals surface area contributed by atoms with Crippen LogP contribution in [0.2, 0.25) is 0 Å². The molecule has 0 saturated carbocycles. The minimum atomic E-state index is -3.38. The largest absolute Gasteiger partial charge is 0.369 e. The number of aliphatic hydroxyl groups is 1. The van der Waals surface area contributed by atoms with Crippen molar-refractivity contribution in [2.75, 3.05) is 18.4 Å². The number of unbranched alkanes of at least 4 members (excludes halogenated alkanes) is 1. The molecule has 1 atom stereocenters. The minimum absolute atomic E-state index is 0.208. The fourth-order valence-corrected chi connectivity index (χ4v) is 3.85. The van der Waals surface area contributed by atoms with E-state index in [1.807, 2.05) is 6.92 Å². The van der Waals surface area contributed by atoms with Crippen LogP contribution >= 0.6 is 0 Å². The number of hydrogen-bond acceptors (Lipinski definition) is 5. The second-order valence-electron chi connectivity index (χ2n) is 8.19. The van der Waals surface area contributed by atoms with Crippen molar-refractivity contribution in [1.82, 2.24) is 9.62 Å². The number of sulfonamides is 1. The van der Waals surface area contributed by atoms with Gasteiger partial charge in [0.1, 0.15) is 0 Å². The first-order valence-electron chi connectivity index (χ1n) is 9.90. The summed E-state index contributed by atoms with van der Waals surface area (Å²) in [5.41, 5.74) is 1.45. The molecule has 162 valence electrons. The van der Waals surface area contributed by atoms with Crippen molar-refractivity contribution in [3.63, 3.8) is 0 Å². The highest BCUT2D eigenvalue weighted by atomic mass is 32.2. The number of aliphatic hydroxyl groups excluding tert-OH is 1. The van der Waals surface area contributed by atoms with Crippen molar-refractivity contribution in [2.24, 2.45) is 0 Å². The Labute approximate surface area is 172 Å². The lowest BCUT2D eigenvalue weighted by Crippen LogP contribution is -2.39. The van der Waals surface area contributed by atoms with Crippen LogP contribution in [0.1, 0.15) is 75.5 Å². The standard InChI is InChI=1S/C20H31N3O5S/c1-5-12-23-18(25)15-10-9-14(13-16(15)19(23)26)22-17(24)8-6-7-11-21-29(27,28)20(2,3)4/h9-10,13,18,21,25H,5-8,11-12H2,1-4H3,(H,22,24)/t18-/m0/s1. The van der Waals surface area contributed by atoms with E-state index in [4.69, 9.17) is 0 Å². The van der Waals surface area contributed by atoms with E-state index < -0.39 is 21.0 Å². The van der Waals surface area contributed by atoms with Gasteiger partial charge in [-0.3, -0.25) is 9.59 Å². The van der Waals surface area contributed by atoms with Gasteiger partial charge in [-0.05, 0) is 52.2 Å². The maximum atomic E-state index is 12.4. The van der Waals surface area contributed by atoms with Crippen molar-refractivity contribution in [1.29, 1.82) is 0 Å². The van der Waals surface area contributed by atoms with E-state index in [0.717, 1.165) is 6.42 Å². The smallest absolute Gasteiger partial charge is 0.256 e. The zero-order chi connectivity index (χ0) is 21.8. The molecule has 0 aliphatic carbocycles. The number of carbonyl (C=O) groups is 2. The van der Waals surface area contributed by atoms with Crippen LogP contribution in [-0.2, 0) is 14.8 Å². The highest BCUT2D eigenvalue weighted by Gasteiger charge is 2.35. The van der Waals surface area contributed by atoms with Crippen LogP contribution in [0.5, 0.6) is 0 Å². The van der Waals surface area contributed by atoms with Gasteiger partial charge in [-0.15, -0.1) is 0 Å². The zero-order valence-electron chi connectivity index (χ0n) is 17.5. The monoisotopic (exact) mass is 425 g/mol. The molecule has 0 aromatic heterocycles. The molecular formula is C20H31N3O5S. The normalized spacial score (nSPS) is 16.8. The quantitative estimate of drug-likeness (QED) is 0.525. The van der Waals surface area contributed by atoms with Crippen molar-refractivity contribution >= 4 is 27.5 Å². The Kier molecular flexibility index (Phi) is 7.42. The SMILES string of the molecule is CCCN1C(=O)c2cc(NC(=O)CCCCNS(=O)(=O)C(C)(C)C)ccc2[C@@H]1O. The summed E-state index contributed by atoms with van der Waals surface area (Å²) in [5.74, 6) is -0.448. The predicted octanol–water partition coefficient (Wildman–Crippen LogP) is 2.37. The zero-order valence-corrected chi connectivity index (χ0v) is 18.3. The number of carbonyl (C=O) groups excluding carboxylic acids is 2. The molecule has 1 heterocycles. The first-order chi connectivity index (χ1) is 13.5. The maximum absolute atomic E-state index is 12.4. The molecule has 0 radical (unpaired) electrons. The first-order valence-corrected chi connectivity index (χ1v) is 11.4. The summed E-state index contributed by atoms with van der Waals surface area (Å²) < 4.78 is 25.6. The van der Waals surface area contributed by atoms with Gasteiger partial charge in [-0.25, -0.2) is 13.1 Å². The number of benzene rings is 1. The van der Waals surface area contributed by atoms with E-state index in [1.165, 1.54) is 4.90 Å². The third-order valence-electron chi connectivity index (χ3n) is 4.80. The van der Waals surface area contributed by atoms with Crippen LogP contribution in [0, 0.1) is 0 Å². The Morgan fingerprint density at radius 3 is 2.55 bits per heavy atom. The number of nitrogens with one attached hydrogen (secondary N) is 2. The van der Waals surface area contributed by atoms with Gasteiger partial charge >= 0.3 is 0 Å². The lowest BCUT2D eigenvalue weighted by atomic mass is 10.1. The van der Waals surface area contributed by atoms with Crippen molar-refractivity contribution < 1.29 is 23.1 Å². The molecule has 0 spiro atoms. The van der Waals surface area contributed by atoms with Crippen LogP contribution in [0.25, 0.3) is 0 Å². The average Bonchev–Trinajstić information content (AvgIpc) is 2.85. The average molecular weight is 426 g/mol. The van der Waals surface area contributed by atoms with Gasteiger partial charge in [0.05, 0.1) is 4.75 Å². The van der Waals surface area contributed by atoms with Crippen LogP contribution in [0.15, 0.2) is 18.2 Å². The van der Waals surface area contributed by atoms with Crippen molar-refractivity contribution in [3.05, 3.63) is 29.3 Å². The van der Waals surface area contributed by atoms with Gasteiger partial charge in [0.25, 0.3) is 5.91 Å². The number of anilines is 1. The summed E-state index contributed by atoms with van der Waals surface area (Å²) in [6.07, 6.45) is 1.12. The van der Waals surface area contributed by atoms with E-state index in [-0.39, 0.29) is 24.8 Å². The van der Waals surface area contributed by atoms with E-state index in [2.05, 4.69) is 10.0 Å². The molecule has 9 heteroatoms. The summed E-state index contributed by atoms with van der Waals surface area (Å²) in [6, 6.07) is 4.91. The second kappa shape index (κ2) is 9.23. The third-order valence-corrected chi connectivity index (χ3v) is 6.99. The molecule has 1 aliphatic rings. The molecule has 8 nitrogen and oxygen atoms in total. The topological polar surface area (TPSA) is 116 Å². The lowest BCUT2D eigenvalue weighted by molar-refractivity contribution is -0.116. The Balaban J connectivity index is 1.83. The molecule has 2 rings (SSSR count). The number of fused-ring (bicyclic) bond motifs is 1. The molecule has 0 unspecified atom stereocenters. The van der Waals surface area contributed by atoms with E-state index in [1.54, 1.807) is 39.0 Å². The van der Waals surface area contributed by atoms with E-state index in [0.29, 0.717) is 36.2 Å². The number of rotatable bonds is 9. The number of amides is 2. The summed E-state index contributed by atoms with van der Waals surface area (Å²) in [7, 11) is -3.38. The Morgan fingerprint density at radius 1 is 1.24 bits per heavy atom. The second-order valence-corrected chi connectivity index (χ2v) is 10.7. The molecule has 29 heavy (non-hydrogen) atoms. The van der Waals surface area contributed by atoms with Crippen LogP contribution in [0.3, 0.4) is 0 Å². The summed E-state index contributed by atoms with van der Waals surface area (Å²) in [5, 5.41) is 13.0. The number of hydrogen-bond donors (Lipinski definition) is 3. The Bertz CT molecular complexity index is 861. The van der Waals surface area contributed by atoms with Crippen molar-refractivity contribution in [3.8, 4) is 0 Å². The minimum Gasteiger partial charge on any atom is -0.369 e.